The molecule has 0 aliphatic carbocycles. The molecule has 0 saturated carbocycles. The van der Waals surface area contributed by atoms with Gasteiger partial charge in [-0.2, -0.15) is 0 Å². The highest BCUT2D eigenvalue weighted by molar-refractivity contribution is 7.99. The van der Waals surface area contributed by atoms with Gasteiger partial charge in [0.25, 0.3) is 0 Å². The number of benzene rings is 2. The van der Waals surface area contributed by atoms with E-state index < -0.39 is 17.4 Å². The fourth-order valence-electron chi connectivity index (χ4n) is 2.73. The Bertz CT molecular complexity index is 1010. The summed E-state index contributed by atoms with van der Waals surface area (Å²) in [6.45, 7) is 6.45. The largest absolute Gasteiger partial charge is 0.305 e. The molecule has 3 rings (SSSR count). The van der Waals surface area contributed by atoms with Crippen LogP contribution >= 0.6 is 11.8 Å². The monoisotopic (exact) mass is 401 g/mol. The fraction of sp³-hybridized carbons (Fsp3) is 0.286. The molecule has 0 amide bonds. The third kappa shape index (κ3) is 4.30. The first-order valence-corrected chi connectivity index (χ1v) is 9.77. The number of hydrogen-bond donors (Lipinski definition) is 0. The summed E-state index contributed by atoms with van der Waals surface area (Å²) in [7, 11) is 1.81. The molecule has 0 unspecified atom stereocenters. The Labute approximate surface area is 167 Å². The molecule has 0 saturated heterocycles. The molecular weight excluding hydrogens is 380 g/mol. The van der Waals surface area contributed by atoms with E-state index in [2.05, 4.69) is 43.1 Å². The van der Waals surface area contributed by atoms with E-state index in [4.69, 9.17) is 0 Å². The average Bonchev–Trinajstić information content (AvgIpc) is 3.01. The van der Waals surface area contributed by atoms with Crippen LogP contribution in [0.2, 0.25) is 0 Å². The molecule has 1 aromatic heterocycles. The van der Waals surface area contributed by atoms with Crippen molar-refractivity contribution in [3.8, 4) is 11.4 Å². The summed E-state index contributed by atoms with van der Waals surface area (Å²) in [4.78, 5) is 12.2. The van der Waals surface area contributed by atoms with E-state index in [1.165, 1.54) is 5.56 Å². The molecule has 0 aliphatic heterocycles. The zero-order chi connectivity index (χ0) is 20.5. The Hall–Kier alpha value is -2.54. The van der Waals surface area contributed by atoms with Crippen molar-refractivity contribution in [3.63, 3.8) is 0 Å². The minimum atomic E-state index is -0.732. The van der Waals surface area contributed by atoms with Crippen LogP contribution in [-0.2, 0) is 12.5 Å². The van der Waals surface area contributed by atoms with Crippen LogP contribution in [0.25, 0.3) is 11.4 Å². The summed E-state index contributed by atoms with van der Waals surface area (Å²) >= 11 is 1.14. The lowest BCUT2D eigenvalue weighted by atomic mass is 9.87. The number of ketones is 1. The van der Waals surface area contributed by atoms with E-state index in [9.17, 15) is 13.6 Å². The summed E-state index contributed by atoms with van der Waals surface area (Å²) in [6.07, 6.45) is 0. The van der Waals surface area contributed by atoms with Crippen LogP contribution in [0.3, 0.4) is 0 Å². The van der Waals surface area contributed by atoms with E-state index in [0.29, 0.717) is 11.0 Å². The van der Waals surface area contributed by atoms with Crippen LogP contribution in [0.5, 0.6) is 0 Å². The topological polar surface area (TPSA) is 47.8 Å². The fourth-order valence-corrected chi connectivity index (χ4v) is 3.52. The Balaban J connectivity index is 1.74. The second kappa shape index (κ2) is 7.83. The van der Waals surface area contributed by atoms with Crippen LogP contribution in [0.1, 0.15) is 36.7 Å². The number of halogens is 2. The molecule has 4 nitrogen and oxygen atoms in total. The maximum absolute atomic E-state index is 13.7. The molecule has 3 aromatic rings. The lowest BCUT2D eigenvalue weighted by Gasteiger charge is -2.19. The standard InChI is InChI=1S/C21H21F2N3OS/c1-21(2,3)14-7-5-13(6-8-14)19-24-25-20(26(19)4)28-12-18(27)16-11-15(22)9-10-17(16)23/h5-11H,12H2,1-4H3. The lowest BCUT2D eigenvalue weighted by Crippen LogP contribution is -2.10. The second-order valence-corrected chi connectivity index (χ2v) is 8.47. The normalized spacial score (nSPS) is 11.6. The number of carbonyl (C=O) groups excluding carboxylic acids is 1. The number of nitrogens with zero attached hydrogens (tertiary/aromatic N) is 3. The van der Waals surface area contributed by atoms with Crippen molar-refractivity contribution in [1.29, 1.82) is 0 Å². The number of aromatic nitrogens is 3. The average molecular weight is 401 g/mol. The first-order valence-electron chi connectivity index (χ1n) is 8.78. The van der Waals surface area contributed by atoms with E-state index in [-0.39, 0.29) is 16.7 Å². The number of carbonyl (C=O) groups is 1. The third-order valence-electron chi connectivity index (χ3n) is 4.41. The van der Waals surface area contributed by atoms with E-state index in [1.54, 1.807) is 4.57 Å². The van der Waals surface area contributed by atoms with Crippen molar-refractivity contribution >= 4 is 17.5 Å². The zero-order valence-electron chi connectivity index (χ0n) is 16.2. The molecule has 0 spiro atoms. The number of hydrogen-bond acceptors (Lipinski definition) is 4. The molecular formula is C21H21F2N3OS. The van der Waals surface area contributed by atoms with E-state index in [0.717, 1.165) is 35.5 Å². The SMILES string of the molecule is Cn1c(SCC(=O)c2cc(F)ccc2F)nnc1-c1ccc(C(C)(C)C)cc1. The number of rotatable bonds is 5. The molecule has 0 radical (unpaired) electrons. The Morgan fingerprint density at radius 1 is 1.07 bits per heavy atom. The van der Waals surface area contributed by atoms with Crippen LogP contribution in [0.15, 0.2) is 47.6 Å². The number of thioether (sulfide) groups is 1. The Kier molecular flexibility index (Phi) is 5.65. The summed E-state index contributed by atoms with van der Waals surface area (Å²) in [5.74, 6) is -1.26. The molecule has 0 bridgehead atoms. The van der Waals surface area contributed by atoms with Gasteiger partial charge in [0, 0.05) is 12.6 Å². The molecule has 146 valence electrons. The van der Waals surface area contributed by atoms with Gasteiger partial charge < -0.3 is 4.57 Å². The van der Waals surface area contributed by atoms with Crippen molar-refractivity contribution in [1.82, 2.24) is 14.8 Å². The lowest BCUT2D eigenvalue weighted by molar-refractivity contribution is 0.101. The minimum absolute atomic E-state index is 0.0602. The second-order valence-electron chi connectivity index (χ2n) is 7.53. The molecule has 2 aromatic carbocycles. The van der Waals surface area contributed by atoms with Gasteiger partial charge in [-0.25, -0.2) is 8.78 Å². The molecule has 28 heavy (non-hydrogen) atoms. The van der Waals surface area contributed by atoms with Gasteiger partial charge in [0.05, 0.1) is 11.3 Å². The number of Topliss-reactive ketones (excluding diaryl/α,β-unsaturated/α-hetero) is 1. The molecule has 1 heterocycles. The van der Waals surface area contributed by atoms with Crippen molar-refractivity contribution in [2.45, 2.75) is 31.3 Å². The van der Waals surface area contributed by atoms with E-state index in [1.807, 2.05) is 19.2 Å². The van der Waals surface area contributed by atoms with Gasteiger partial charge in [0.2, 0.25) is 0 Å². The van der Waals surface area contributed by atoms with Crippen LogP contribution < -0.4 is 0 Å². The van der Waals surface area contributed by atoms with Crippen molar-refractivity contribution < 1.29 is 13.6 Å². The molecule has 7 heteroatoms. The van der Waals surface area contributed by atoms with Gasteiger partial charge in [-0.1, -0.05) is 56.8 Å². The maximum atomic E-state index is 13.7. The first kappa shape index (κ1) is 20.2. The third-order valence-corrected chi connectivity index (χ3v) is 5.43. The van der Waals surface area contributed by atoms with Gasteiger partial charge in [-0.05, 0) is 29.2 Å². The summed E-state index contributed by atoms with van der Waals surface area (Å²) in [5, 5.41) is 8.86. The van der Waals surface area contributed by atoms with Crippen LogP contribution in [0.4, 0.5) is 8.78 Å². The summed E-state index contributed by atoms with van der Waals surface area (Å²) in [5.41, 5.74) is 1.94. The van der Waals surface area contributed by atoms with E-state index >= 15 is 0 Å². The molecule has 0 fully saturated rings. The summed E-state index contributed by atoms with van der Waals surface area (Å²) in [6, 6.07) is 11.0. The van der Waals surface area contributed by atoms with Gasteiger partial charge in [0.1, 0.15) is 11.6 Å². The minimum Gasteiger partial charge on any atom is -0.305 e. The Morgan fingerprint density at radius 2 is 1.75 bits per heavy atom. The highest BCUT2D eigenvalue weighted by Gasteiger charge is 2.18. The van der Waals surface area contributed by atoms with Gasteiger partial charge in [-0.3, -0.25) is 4.79 Å². The van der Waals surface area contributed by atoms with Crippen molar-refractivity contribution in [3.05, 3.63) is 65.2 Å². The predicted molar refractivity (Wildman–Crippen MR) is 107 cm³/mol. The van der Waals surface area contributed by atoms with Gasteiger partial charge in [-0.15, -0.1) is 10.2 Å². The first-order chi connectivity index (χ1) is 13.2. The van der Waals surface area contributed by atoms with Crippen LogP contribution in [-0.4, -0.2) is 26.3 Å². The summed E-state index contributed by atoms with van der Waals surface area (Å²) < 4.78 is 28.8. The predicted octanol–water partition coefficient (Wildman–Crippen LogP) is 5.03. The van der Waals surface area contributed by atoms with Gasteiger partial charge >= 0.3 is 0 Å². The molecule has 0 aliphatic rings. The molecule has 0 atom stereocenters. The van der Waals surface area contributed by atoms with Crippen molar-refractivity contribution in [2.75, 3.05) is 5.75 Å². The maximum Gasteiger partial charge on any atom is 0.191 e. The Morgan fingerprint density at radius 3 is 2.39 bits per heavy atom. The van der Waals surface area contributed by atoms with Crippen LogP contribution in [0, 0.1) is 11.6 Å². The highest BCUT2D eigenvalue weighted by atomic mass is 32.2. The van der Waals surface area contributed by atoms with Crippen molar-refractivity contribution in [2.24, 2.45) is 7.05 Å². The molecule has 0 N–H and O–H groups in total. The highest BCUT2D eigenvalue weighted by Crippen LogP contribution is 2.27. The quantitative estimate of drug-likeness (QED) is 0.444. The van der Waals surface area contributed by atoms with Gasteiger partial charge in [0.15, 0.2) is 16.8 Å². The zero-order valence-corrected chi connectivity index (χ0v) is 17.0. The smallest absolute Gasteiger partial charge is 0.191 e.